The number of nitrogens with zero attached hydrogens (tertiary/aromatic N) is 1. The molecule has 0 fully saturated rings. The Labute approximate surface area is 98.5 Å². The van der Waals surface area contributed by atoms with Crippen LogP contribution in [0, 0.1) is 6.92 Å². The predicted octanol–water partition coefficient (Wildman–Crippen LogP) is 4.69. The molecule has 0 aliphatic carbocycles. The lowest BCUT2D eigenvalue weighted by Gasteiger charge is -2.11. The second-order valence-corrected chi connectivity index (χ2v) is 4.01. The fraction of sp³-hybridized carbons (Fsp3) is 0.400. The van der Waals surface area contributed by atoms with Crippen LogP contribution < -0.4 is 0 Å². The molecule has 0 spiro atoms. The number of para-hydroxylation sites is 1. The van der Waals surface area contributed by atoms with Gasteiger partial charge < -0.3 is 0 Å². The van der Waals surface area contributed by atoms with E-state index in [0.29, 0.717) is 5.92 Å². The van der Waals surface area contributed by atoms with Crippen LogP contribution in [0.4, 0.5) is 0 Å². The van der Waals surface area contributed by atoms with E-state index in [9.17, 15) is 0 Å². The number of hydrogen-bond acceptors (Lipinski definition) is 1. The molecule has 2 aromatic rings. The Balaban J connectivity index is 0.000000606. The number of fused-ring (bicyclic) bond motifs is 1. The Morgan fingerprint density at radius 2 is 1.69 bits per heavy atom. The summed E-state index contributed by atoms with van der Waals surface area (Å²) in [5.41, 5.74) is 3.81. The summed E-state index contributed by atoms with van der Waals surface area (Å²) in [4.78, 5) is 4.46. The molecular weight excluding hydrogens is 194 g/mol. The highest BCUT2D eigenvalue weighted by Crippen LogP contribution is 2.24. The Bertz CT molecular complexity index is 458. The smallest absolute Gasteiger partial charge is 0.0704 e. The molecule has 1 nitrogen and oxygen atoms in total. The molecule has 0 unspecified atom stereocenters. The van der Waals surface area contributed by atoms with Crippen molar-refractivity contribution in [3.63, 3.8) is 0 Å². The minimum Gasteiger partial charge on any atom is -0.256 e. The minimum absolute atomic E-state index is 0.548. The van der Waals surface area contributed by atoms with Crippen LogP contribution in [-0.2, 0) is 0 Å². The Kier molecular flexibility index (Phi) is 4.48. The van der Waals surface area contributed by atoms with E-state index in [2.05, 4.69) is 44.0 Å². The van der Waals surface area contributed by atoms with Gasteiger partial charge in [0.15, 0.2) is 0 Å². The van der Waals surface area contributed by atoms with Crippen LogP contribution in [0.3, 0.4) is 0 Å². The SMILES string of the molecule is CC.Cc1c(C(C)C)cnc2ccccc12. The molecule has 1 heteroatoms. The molecule has 0 amide bonds. The van der Waals surface area contributed by atoms with Gasteiger partial charge in [-0.05, 0) is 30.0 Å². The maximum Gasteiger partial charge on any atom is 0.0704 e. The summed E-state index contributed by atoms with van der Waals surface area (Å²) in [5, 5.41) is 1.28. The molecular formula is C15H21N. The van der Waals surface area contributed by atoms with Gasteiger partial charge in [-0.25, -0.2) is 0 Å². The van der Waals surface area contributed by atoms with Crippen LogP contribution in [0.5, 0.6) is 0 Å². The number of benzene rings is 1. The summed E-state index contributed by atoms with van der Waals surface area (Å²) in [7, 11) is 0. The topological polar surface area (TPSA) is 12.9 Å². The second kappa shape index (κ2) is 5.64. The van der Waals surface area contributed by atoms with Gasteiger partial charge in [-0.15, -0.1) is 0 Å². The summed E-state index contributed by atoms with van der Waals surface area (Å²) in [5.74, 6) is 0.548. The van der Waals surface area contributed by atoms with Crippen LogP contribution in [0.25, 0.3) is 10.9 Å². The number of hydrogen-bond donors (Lipinski definition) is 0. The highest BCUT2D eigenvalue weighted by atomic mass is 14.7. The highest BCUT2D eigenvalue weighted by molar-refractivity contribution is 5.82. The van der Waals surface area contributed by atoms with Gasteiger partial charge in [-0.1, -0.05) is 45.9 Å². The fourth-order valence-electron chi connectivity index (χ4n) is 1.88. The van der Waals surface area contributed by atoms with Crippen molar-refractivity contribution in [2.75, 3.05) is 0 Å². The van der Waals surface area contributed by atoms with Gasteiger partial charge in [0.1, 0.15) is 0 Å². The third-order valence-corrected chi connectivity index (χ3v) is 2.71. The first kappa shape index (κ1) is 12.7. The molecule has 0 N–H and O–H groups in total. The first-order valence-electron chi connectivity index (χ1n) is 6.04. The maximum absolute atomic E-state index is 4.46. The van der Waals surface area contributed by atoms with Crippen molar-refractivity contribution in [1.82, 2.24) is 4.98 Å². The van der Waals surface area contributed by atoms with Crippen molar-refractivity contribution in [2.24, 2.45) is 0 Å². The van der Waals surface area contributed by atoms with Crippen LogP contribution in [-0.4, -0.2) is 4.98 Å². The van der Waals surface area contributed by atoms with E-state index in [4.69, 9.17) is 0 Å². The molecule has 0 bridgehead atoms. The lowest BCUT2D eigenvalue weighted by Crippen LogP contribution is -1.94. The van der Waals surface area contributed by atoms with Crippen LogP contribution in [0.1, 0.15) is 44.7 Å². The third kappa shape index (κ3) is 2.41. The Morgan fingerprint density at radius 1 is 1.06 bits per heavy atom. The van der Waals surface area contributed by atoms with Crippen LogP contribution in [0.15, 0.2) is 30.5 Å². The largest absolute Gasteiger partial charge is 0.256 e. The molecule has 0 atom stereocenters. The number of aryl methyl sites for hydroxylation is 1. The second-order valence-electron chi connectivity index (χ2n) is 4.01. The van der Waals surface area contributed by atoms with E-state index in [1.165, 1.54) is 16.5 Å². The Morgan fingerprint density at radius 3 is 2.31 bits per heavy atom. The average molecular weight is 215 g/mol. The molecule has 0 saturated carbocycles. The first-order valence-corrected chi connectivity index (χ1v) is 6.04. The zero-order chi connectivity index (χ0) is 12.1. The normalized spacial score (nSPS) is 10.1. The van der Waals surface area contributed by atoms with Crippen LogP contribution >= 0.6 is 0 Å². The molecule has 16 heavy (non-hydrogen) atoms. The summed E-state index contributed by atoms with van der Waals surface area (Å²) in [6, 6.07) is 8.31. The van der Waals surface area contributed by atoms with Crippen molar-refractivity contribution < 1.29 is 0 Å². The van der Waals surface area contributed by atoms with E-state index in [-0.39, 0.29) is 0 Å². The van der Waals surface area contributed by atoms with Gasteiger partial charge in [0.25, 0.3) is 0 Å². The number of rotatable bonds is 1. The van der Waals surface area contributed by atoms with Crippen LogP contribution in [0.2, 0.25) is 0 Å². The lowest BCUT2D eigenvalue weighted by atomic mass is 9.97. The number of pyridine rings is 1. The lowest BCUT2D eigenvalue weighted by molar-refractivity contribution is 0.852. The molecule has 0 aliphatic heterocycles. The third-order valence-electron chi connectivity index (χ3n) is 2.71. The van der Waals surface area contributed by atoms with E-state index >= 15 is 0 Å². The molecule has 2 rings (SSSR count). The van der Waals surface area contributed by atoms with Gasteiger partial charge in [0, 0.05) is 11.6 Å². The van der Waals surface area contributed by atoms with E-state index in [1.807, 2.05) is 26.1 Å². The standard InChI is InChI=1S/C13H15N.C2H6/c1-9(2)12-8-14-13-7-5-4-6-11(13)10(12)3;1-2/h4-9H,1-3H3;1-2H3. The molecule has 0 saturated heterocycles. The van der Waals surface area contributed by atoms with Gasteiger partial charge in [-0.3, -0.25) is 4.98 Å². The molecule has 0 aliphatic rings. The van der Waals surface area contributed by atoms with Crippen molar-refractivity contribution in [1.29, 1.82) is 0 Å². The van der Waals surface area contributed by atoms with Crippen molar-refractivity contribution >= 4 is 10.9 Å². The Hall–Kier alpha value is -1.37. The van der Waals surface area contributed by atoms with Crippen molar-refractivity contribution in [2.45, 2.75) is 40.5 Å². The van der Waals surface area contributed by atoms with Crippen molar-refractivity contribution in [3.05, 3.63) is 41.6 Å². The number of aromatic nitrogens is 1. The summed E-state index contributed by atoms with van der Waals surface area (Å²) < 4.78 is 0. The van der Waals surface area contributed by atoms with Crippen molar-refractivity contribution in [3.8, 4) is 0 Å². The molecule has 0 radical (unpaired) electrons. The summed E-state index contributed by atoms with van der Waals surface area (Å²) in [6.07, 6.45) is 2.00. The summed E-state index contributed by atoms with van der Waals surface area (Å²) >= 11 is 0. The maximum atomic E-state index is 4.46. The first-order chi connectivity index (χ1) is 7.70. The molecule has 86 valence electrons. The zero-order valence-electron chi connectivity index (χ0n) is 10.9. The molecule has 1 heterocycles. The van der Waals surface area contributed by atoms with E-state index in [1.54, 1.807) is 0 Å². The van der Waals surface area contributed by atoms with E-state index in [0.717, 1.165) is 5.52 Å². The zero-order valence-corrected chi connectivity index (χ0v) is 10.9. The van der Waals surface area contributed by atoms with E-state index < -0.39 is 0 Å². The van der Waals surface area contributed by atoms with Gasteiger partial charge in [0.05, 0.1) is 5.52 Å². The summed E-state index contributed by atoms with van der Waals surface area (Å²) in [6.45, 7) is 10.6. The fourth-order valence-corrected chi connectivity index (χ4v) is 1.88. The minimum atomic E-state index is 0.548. The average Bonchev–Trinajstić information content (AvgIpc) is 2.32. The quantitative estimate of drug-likeness (QED) is 0.672. The monoisotopic (exact) mass is 215 g/mol. The predicted molar refractivity (Wildman–Crippen MR) is 71.9 cm³/mol. The van der Waals surface area contributed by atoms with Gasteiger partial charge >= 0.3 is 0 Å². The highest BCUT2D eigenvalue weighted by Gasteiger charge is 2.06. The molecule has 1 aromatic carbocycles. The van der Waals surface area contributed by atoms with Gasteiger partial charge in [0.2, 0.25) is 0 Å². The van der Waals surface area contributed by atoms with Gasteiger partial charge in [-0.2, -0.15) is 0 Å². The molecule has 1 aromatic heterocycles.